The van der Waals surface area contributed by atoms with Crippen LogP contribution in [0.25, 0.3) is 22.9 Å². The summed E-state index contributed by atoms with van der Waals surface area (Å²) < 4.78 is 5.87. The third-order valence-corrected chi connectivity index (χ3v) is 6.49. The Hall–Kier alpha value is -3.93. The molecule has 1 aromatic heterocycles. The van der Waals surface area contributed by atoms with Gasteiger partial charge in [-0.3, -0.25) is 4.79 Å². The number of carbonyl (C=O) groups is 1. The summed E-state index contributed by atoms with van der Waals surface area (Å²) >= 11 is 0. The smallest absolute Gasteiger partial charge is 0.253 e. The van der Waals surface area contributed by atoms with Crippen molar-refractivity contribution in [3.05, 3.63) is 89.5 Å². The molecule has 6 nitrogen and oxygen atoms in total. The molecule has 0 aliphatic carbocycles. The SMILES string of the molecule is Cc1cccc(-c2nnc(-c3ccc(C(=O)N(C)Cc4ccc(N5CCCCC5)cc4)cc3)o2)c1. The van der Waals surface area contributed by atoms with E-state index in [0.717, 1.165) is 35.3 Å². The maximum absolute atomic E-state index is 13.0. The quantitative estimate of drug-likeness (QED) is 0.350. The van der Waals surface area contributed by atoms with Crippen LogP contribution in [0.3, 0.4) is 0 Å². The van der Waals surface area contributed by atoms with Crippen LogP contribution in [0, 0.1) is 6.92 Å². The molecule has 0 bridgehead atoms. The van der Waals surface area contributed by atoms with Crippen LogP contribution in [0.5, 0.6) is 0 Å². The lowest BCUT2D eigenvalue weighted by molar-refractivity contribution is 0.0785. The second kappa shape index (κ2) is 10.1. The third kappa shape index (κ3) is 5.27. The molecular weight excluding hydrogens is 436 g/mol. The number of nitrogens with zero attached hydrogens (tertiary/aromatic N) is 4. The molecule has 2 heterocycles. The van der Waals surface area contributed by atoms with Gasteiger partial charge in [-0.25, -0.2) is 0 Å². The second-order valence-electron chi connectivity index (χ2n) is 9.23. The second-order valence-corrected chi connectivity index (χ2v) is 9.23. The van der Waals surface area contributed by atoms with Crippen LogP contribution >= 0.6 is 0 Å². The predicted octanol–water partition coefficient (Wildman–Crippen LogP) is 5.97. The molecule has 0 unspecified atom stereocenters. The molecule has 1 aliphatic rings. The van der Waals surface area contributed by atoms with E-state index in [2.05, 4.69) is 39.4 Å². The predicted molar refractivity (Wildman–Crippen MR) is 138 cm³/mol. The standard InChI is InChI=1S/C29H30N4O2/c1-21-7-6-8-25(19-21)28-31-30-27(35-28)23-11-13-24(14-12-23)29(34)32(2)20-22-9-15-26(16-10-22)33-17-4-3-5-18-33/h6-16,19H,3-5,17-18,20H2,1-2H3. The average Bonchev–Trinajstić information content (AvgIpc) is 3.40. The Balaban J connectivity index is 1.22. The summed E-state index contributed by atoms with van der Waals surface area (Å²) in [4.78, 5) is 17.2. The van der Waals surface area contributed by atoms with Crippen LogP contribution in [0.4, 0.5) is 5.69 Å². The number of aromatic nitrogens is 2. The highest BCUT2D eigenvalue weighted by Crippen LogP contribution is 2.25. The number of benzene rings is 3. The van der Waals surface area contributed by atoms with Gasteiger partial charge >= 0.3 is 0 Å². The summed E-state index contributed by atoms with van der Waals surface area (Å²) in [7, 11) is 1.83. The Bertz CT molecular complexity index is 1290. The van der Waals surface area contributed by atoms with Crippen molar-refractivity contribution >= 4 is 11.6 Å². The molecule has 4 aromatic rings. The van der Waals surface area contributed by atoms with Gasteiger partial charge in [0.2, 0.25) is 11.8 Å². The van der Waals surface area contributed by atoms with Gasteiger partial charge in [-0.1, -0.05) is 29.8 Å². The Labute approximate surface area is 206 Å². The van der Waals surface area contributed by atoms with Crippen molar-refractivity contribution < 1.29 is 9.21 Å². The van der Waals surface area contributed by atoms with E-state index >= 15 is 0 Å². The molecule has 3 aromatic carbocycles. The van der Waals surface area contributed by atoms with E-state index in [1.165, 1.54) is 24.9 Å². The van der Waals surface area contributed by atoms with Gasteiger partial charge < -0.3 is 14.2 Å². The summed E-state index contributed by atoms with van der Waals surface area (Å²) in [5.74, 6) is 0.889. The monoisotopic (exact) mass is 466 g/mol. The van der Waals surface area contributed by atoms with Gasteiger partial charge in [0, 0.05) is 49.1 Å². The lowest BCUT2D eigenvalue weighted by Crippen LogP contribution is -2.29. The molecule has 6 heteroatoms. The topological polar surface area (TPSA) is 62.5 Å². The summed E-state index contributed by atoms with van der Waals surface area (Å²) in [6.45, 7) is 4.84. The van der Waals surface area contributed by atoms with Gasteiger partial charge in [-0.05, 0) is 80.3 Å². The molecule has 35 heavy (non-hydrogen) atoms. The summed E-state index contributed by atoms with van der Waals surface area (Å²) in [6, 6.07) is 23.9. The van der Waals surface area contributed by atoms with Gasteiger partial charge in [-0.2, -0.15) is 0 Å². The first-order valence-electron chi connectivity index (χ1n) is 12.2. The Morgan fingerprint density at radius 3 is 2.26 bits per heavy atom. The van der Waals surface area contributed by atoms with Crippen molar-refractivity contribution in [3.8, 4) is 22.9 Å². The number of aryl methyl sites for hydroxylation is 1. The maximum Gasteiger partial charge on any atom is 0.253 e. The van der Waals surface area contributed by atoms with Crippen molar-refractivity contribution in [2.75, 3.05) is 25.0 Å². The van der Waals surface area contributed by atoms with E-state index in [9.17, 15) is 4.79 Å². The molecule has 1 amide bonds. The van der Waals surface area contributed by atoms with Crippen molar-refractivity contribution in [2.24, 2.45) is 0 Å². The minimum Gasteiger partial charge on any atom is -0.416 e. The van der Waals surface area contributed by atoms with Crippen LogP contribution in [0.15, 0.2) is 77.2 Å². The van der Waals surface area contributed by atoms with E-state index in [1.807, 2.05) is 62.5 Å². The lowest BCUT2D eigenvalue weighted by Gasteiger charge is -2.29. The summed E-state index contributed by atoms with van der Waals surface area (Å²) in [5, 5.41) is 8.36. The number of rotatable bonds is 6. The fraction of sp³-hybridized carbons (Fsp3) is 0.276. The molecule has 0 radical (unpaired) electrons. The molecule has 0 atom stereocenters. The van der Waals surface area contributed by atoms with Crippen LogP contribution in [-0.2, 0) is 6.54 Å². The number of piperidine rings is 1. The minimum absolute atomic E-state index is 0.0253. The number of amides is 1. The van der Waals surface area contributed by atoms with Crippen molar-refractivity contribution in [3.63, 3.8) is 0 Å². The number of carbonyl (C=O) groups excluding carboxylic acids is 1. The first kappa shape index (κ1) is 22.8. The lowest BCUT2D eigenvalue weighted by atomic mass is 10.1. The average molecular weight is 467 g/mol. The highest BCUT2D eigenvalue weighted by molar-refractivity contribution is 5.94. The van der Waals surface area contributed by atoms with Crippen LogP contribution < -0.4 is 4.90 Å². The van der Waals surface area contributed by atoms with E-state index in [-0.39, 0.29) is 5.91 Å². The van der Waals surface area contributed by atoms with E-state index in [1.54, 1.807) is 4.90 Å². The number of hydrogen-bond donors (Lipinski definition) is 0. The van der Waals surface area contributed by atoms with Crippen molar-refractivity contribution in [2.45, 2.75) is 32.7 Å². The number of anilines is 1. The number of hydrogen-bond acceptors (Lipinski definition) is 5. The largest absolute Gasteiger partial charge is 0.416 e. The first-order valence-corrected chi connectivity index (χ1v) is 12.2. The zero-order chi connectivity index (χ0) is 24.2. The zero-order valence-corrected chi connectivity index (χ0v) is 20.3. The molecule has 1 fully saturated rings. The minimum atomic E-state index is -0.0253. The highest BCUT2D eigenvalue weighted by atomic mass is 16.4. The zero-order valence-electron chi connectivity index (χ0n) is 20.3. The molecule has 0 spiro atoms. The summed E-state index contributed by atoms with van der Waals surface area (Å²) in [5.41, 5.74) is 5.81. The van der Waals surface area contributed by atoms with Gasteiger partial charge in [0.15, 0.2) is 0 Å². The maximum atomic E-state index is 13.0. The van der Waals surface area contributed by atoms with E-state index in [4.69, 9.17) is 4.42 Å². The summed E-state index contributed by atoms with van der Waals surface area (Å²) in [6.07, 6.45) is 3.85. The van der Waals surface area contributed by atoms with Gasteiger partial charge in [-0.15, -0.1) is 10.2 Å². The Kier molecular flexibility index (Phi) is 6.62. The van der Waals surface area contributed by atoms with E-state index < -0.39 is 0 Å². The molecule has 1 aliphatic heterocycles. The van der Waals surface area contributed by atoms with Gasteiger partial charge in [0.25, 0.3) is 5.91 Å². The van der Waals surface area contributed by atoms with Crippen molar-refractivity contribution in [1.82, 2.24) is 15.1 Å². The Morgan fingerprint density at radius 1 is 0.886 bits per heavy atom. The highest BCUT2D eigenvalue weighted by Gasteiger charge is 2.15. The fourth-order valence-electron chi connectivity index (χ4n) is 4.52. The molecule has 1 saturated heterocycles. The van der Waals surface area contributed by atoms with Crippen LogP contribution in [0.1, 0.15) is 40.7 Å². The third-order valence-electron chi connectivity index (χ3n) is 6.49. The molecule has 5 rings (SSSR count). The van der Waals surface area contributed by atoms with Crippen LogP contribution in [-0.4, -0.2) is 41.1 Å². The first-order chi connectivity index (χ1) is 17.1. The van der Waals surface area contributed by atoms with Crippen molar-refractivity contribution in [1.29, 1.82) is 0 Å². The fourth-order valence-corrected chi connectivity index (χ4v) is 4.52. The normalized spacial score (nSPS) is 13.6. The Morgan fingerprint density at radius 2 is 1.57 bits per heavy atom. The van der Waals surface area contributed by atoms with E-state index in [0.29, 0.717) is 23.9 Å². The van der Waals surface area contributed by atoms with Crippen LogP contribution in [0.2, 0.25) is 0 Å². The van der Waals surface area contributed by atoms with Gasteiger partial charge in [0.1, 0.15) is 0 Å². The molecule has 0 saturated carbocycles. The molecular formula is C29H30N4O2. The molecule has 178 valence electrons. The van der Waals surface area contributed by atoms with Gasteiger partial charge in [0.05, 0.1) is 0 Å². The molecule has 0 N–H and O–H groups in total.